The number of carbonyl (C=O) groups is 1. The molecule has 6 nitrogen and oxygen atoms in total. The lowest BCUT2D eigenvalue weighted by Gasteiger charge is -2.35. The highest BCUT2D eigenvalue weighted by Gasteiger charge is 2.37. The van der Waals surface area contributed by atoms with Crippen LogP contribution in [0, 0.1) is 0 Å². The second-order valence-electron chi connectivity index (χ2n) is 6.89. The van der Waals surface area contributed by atoms with E-state index in [1.807, 2.05) is 11.8 Å². The molecule has 2 saturated heterocycles. The molecule has 3 rings (SSSR count). The number of benzene rings is 1. The molecule has 0 bridgehead atoms. The maximum atomic E-state index is 12.9. The van der Waals surface area contributed by atoms with Crippen LogP contribution >= 0.6 is 23.2 Å². The first-order valence-corrected chi connectivity index (χ1v) is 11.1. The van der Waals surface area contributed by atoms with Crippen molar-refractivity contribution in [1.82, 2.24) is 9.21 Å². The summed E-state index contributed by atoms with van der Waals surface area (Å²) in [6.07, 6.45) is 2.14. The normalized spacial score (nSPS) is 21.1. The van der Waals surface area contributed by atoms with Crippen molar-refractivity contribution in [1.29, 1.82) is 0 Å². The molecule has 1 amide bonds. The number of piperazine rings is 1. The Morgan fingerprint density at radius 2 is 1.73 bits per heavy atom. The molecule has 2 fully saturated rings. The van der Waals surface area contributed by atoms with Gasteiger partial charge in [0.2, 0.25) is 10.0 Å². The number of quaternary nitrogens is 1. The zero-order valence-corrected chi connectivity index (χ0v) is 17.1. The molecule has 0 aromatic heterocycles. The number of nitrogens with one attached hydrogen (secondary N) is 1. The summed E-state index contributed by atoms with van der Waals surface area (Å²) >= 11 is 12.0. The number of nitrogens with zero attached hydrogens (tertiary/aromatic N) is 2. The predicted octanol–water partition coefficient (Wildman–Crippen LogP) is 0.893. The van der Waals surface area contributed by atoms with Crippen molar-refractivity contribution in [3.05, 3.63) is 28.2 Å². The van der Waals surface area contributed by atoms with Gasteiger partial charge in [0.15, 0.2) is 6.04 Å². The van der Waals surface area contributed by atoms with E-state index in [-0.39, 0.29) is 21.9 Å². The van der Waals surface area contributed by atoms with Crippen LogP contribution in [0.4, 0.5) is 0 Å². The SMILES string of the molecule is C[C@H](C(=O)N1CCCC1)[NH+]1CCN(S(=O)(=O)c2cc(Cl)ccc2Cl)CC1. The smallest absolute Gasteiger partial charge is 0.280 e. The van der Waals surface area contributed by atoms with Crippen molar-refractivity contribution in [3.8, 4) is 0 Å². The van der Waals surface area contributed by atoms with Gasteiger partial charge >= 0.3 is 0 Å². The first-order valence-electron chi connectivity index (χ1n) is 8.89. The Hall–Kier alpha value is -0.860. The van der Waals surface area contributed by atoms with Gasteiger partial charge in [-0.3, -0.25) is 4.79 Å². The van der Waals surface area contributed by atoms with Gasteiger partial charge in [-0.05, 0) is 38.0 Å². The van der Waals surface area contributed by atoms with E-state index >= 15 is 0 Å². The Kier molecular flexibility index (Phi) is 6.14. The van der Waals surface area contributed by atoms with E-state index in [1.165, 1.54) is 16.4 Å². The molecule has 0 aliphatic carbocycles. The van der Waals surface area contributed by atoms with Gasteiger partial charge in [-0.1, -0.05) is 23.2 Å². The first kappa shape index (κ1) is 19.9. The number of carbonyl (C=O) groups excluding carboxylic acids is 1. The molecule has 9 heteroatoms. The second kappa shape index (κ2) is 8.02. The fraction of sp³-hybridized carbons (Fsp3) is 0.588. The summed E-state index contributed by atoms with van der Waals surface area (Å²) in [6, 6.07) is 4.30. The molecule has 1 N–H and O–H groups in total. The molecular weight excluding hydrogens is 397 g/mol. The molecule has 0 radical (unpaired) electrons. The van der Waals surface area contributed by atoms with Crippen LogP contribution in [-0.4, -0.2) is 68.8 Å². The number of amides is 1. The minimum absolute atomic E-state index is 0.0382. The summed E-state index contributed by atoms with van der Waals surface area (Å²) in [4.78, 5) is 15.7. The lowest BCUT2D eigenvalue weighted by atomic mass is 10.2. The van der Waals surface area contributed by atoms with Gasteiger partial charge in [0.05, 0.1) is 31.2 Å². The fourth-order valence-electron chi connectivity index (χ4n) is 3.65. The van der Waals surface area contributed by atoms with Gasteiger partial charge in [-0.2, -0.15) is 4.31 Å². The summed E-state index contributed by atoms with van der Waals surface area (Å²) in [7, 11) is -3.69. The van der Waals surface area contributed by atoms with Crippen LogP contribution in [0.5, 0.6) is 0 Å². The Morgan fingerprint density at radius 1 is 1.12 bits per heavy atom. The van der Waals surface area contributed by atoms with E-state index in [0.717, 1.165) is 30.8 Å². The topological polar surface area (TPSA) is 62.1 Å². The third kappa shape index (κ3) is 4.02. The van der Waals surface area contributed by atoms with Crippen LogP contribution in [0.15, 0.2) is 23.1 Å². The lowest BCUT2D eigenvalue weighted by molar-refractivity contribution is -0.918. The van der Waals surface area contributed by atoms with Gasteiger partial charge in [0.1, 0.15) is 4.90 Å². The largest absolute Gasteiger partial charge is 0.338 e. The molecule has 1 aromatic carbocycles. The Morgan fingerprint density at radius 3 is 2.35 bits per heavy atom. The second-order valence-corrected chi connectivity index (χ2v) is 9.64. The summed E-state index contributed by atoms with van der Waals surface area (Å²) in [5, 5.41) is 0.504. The monoisotopic (exact) mass is 420 g/mol. The van der Waals surface area contributed by atoms with Crippen molar-refractivity contribution in [3.63, 3.8) is 0 Å². The first-order chi connectivity index (χ1) is 12.3. The van der Waals surface area contributed by atoms with Crippen LogP contribution in [0.25, 0.3) is 0 Å². The number of sulfonamides is 1. The highest BCUT2D eigenvalue weighted by Crippen LogP contribution is 2.27. The quantitative estimate of drug-likeness (QED) is 0.786. The Labute approximate surface area is 164 Å². The van der Waals surface area contributed by atoms with Crippen LogP contribution < -0.4 is 4.90 Å². The summed E-state index contributed by atoms with van der Waals surface area (Å²) in [5.41, 5.74) is 0. The van der Waals surface area contributed by atoms with Gasteiger partial charge in [0, 0.05) is 18.1 Å². The van der Waals surface area contributed by atoms with E-state index < -0.39 is 10.0 Å². The average molecular weight is 421 g/mol. The standard InChI is InChI=1S/C17H23Cl2N3O3S/c1-13(17(23)21-6-2-3-7-21)20-8-10-22(11-9-20)26(24,25)16-12-14(18)4-5-15(16)19/h4-5,12-13H,2-3,6-11H2,1H3/p+1/t13-/m1/s1. The summed E-state index contributed by atoms with van der Waals surface area (Å²) in [6.45, 7) is 5.52. The third-order valence-electron chi connectivity index (χ3n) is 5.28. The van der Waals surface area contributed by atoms with Gasteiger partial charge in [0.25, 0.3) is 5.91 Å². The molecule has 2 aliphatic heterocycles. The number of likely N-dealkylation sites (tertiary alicyclic amines) is 1. The van der Waals surface area contributed by atoms with E-state index in [1.54, 1.807) is 6.07 Å². The van der Waals surface area contributed by atoms with Gasteiger partial charge < -0.3 is 9.80 Å². The molecule has 0 saturated carbocycles. The third-order valence-corrected chi connectivity index (χ3v) is 7.89. The molecule has 144 valence electrons. The van der Waals surface area contributed by atoms with Crippen LogP contribution in [0.3, 0.4) is 0 Å². The number of hydrogen-bond acceptors (Lipinski definition) is 3. The zero-order chi connectivity index (χ0) is 18.9. The van der Waals surface area contributed by atoms with E-state index in [9.17, 15) is 13.2 Å². The molecule has 0 unspecified atom stereocenters. The van der Waals surface area contributed by atoms with E-state index in [2.05, 4.69) is 0 Å². The maximum absolute atomic E-state index is 12.9. The van der Waals surface area contributed by atoms with Crippen LogP contribution in [0.1, 0.15) is 19.8 Å². The van der Waals surface area contributed by atoms with Crippen molar-refractivity contribution in [2.24, 2.45) is 0 Å². The van der Waals surface area contributed by atoms with Crippen molar-refractivity contribution >= 4 is 39.1 Å². The molecule has 1 atom stereocenters. The van der Waals surface area contributed by atoms with E-state index in [0.29, 0.717) is 31.2 Å². The number of rotatable bonds is 4. The number of hydrogen-bond donors (Lipinski definition) is 1. The molecule has 0 spiro atoms. The van der Waals surface area contributed by atoms with Crippen molar-refractivity contribution in [2.45, 2.75) is 30.7 Å². The van der Waals surface area contributed by atoms with Crippen LogP contribution in [0.2, 0.25) is 10.0 Å². The molecule has 26 heavy (non-hydrogen) atoms. The lowest BCUT2D eigenvalue weighted by Crippen LogP contribution is -3.19. The minimum atomic E-state index is -3.69. The van der Waals surface area contributed by atoms with Crippen LogP contribution in [-0.2, 0) is 14.8 Å². The average Bonchev–Trinajstić information content (AvgIpc) is 3.17. The molecular formula is C17H24Cl2N3O3S+. The van der Waals surface area contributed by atoms with Crippen molar-refractivity contribution in [2.75, 3.05) is 39.3 Å². The fourth-order valence-corrected chi connectivity index (χ4v) is 5.83. The van der Waals surface area contributed by atoms with Gasteiger partial charge in [-0.25, -0.2) is 8.42 Å². The Bertz CT molecular complexity index is 773. The summed E-state index contributed by atoms with van der Waals surface area (Å²) < 4.78 is 27.2. The Balaban J connectivity index is 1.66. The molecule has 1 aromatic rings. The molecule has 2 aliphatic rings. The zero-order valence-electron chi connectivity index (χ0n) is 14.7. The predicted molar refractivity (Wildman–Crippen MR) is 101 cm³/mol. The summed E-state index contributed by atoms with van der Waals surface area (Å²) in [5.74, 6) is 0.173. The molecule has 2 heterocycles. The minimum Gasteiger partial charge on any atom is -0.338 e. The highest BCUT2D eigenvalue weighted by atomic mass is 35.5. The van der Waals surface area contributed by atoms with Gasteiger partial charge in [-0.15, -0.1) is 0 Å². The van der Waals surface area contributed by atoms with Crippen molar-refractivity contribution < 1.29 is 18.1 Å². The maximum Gasteiger partial charge on any atom is 0.280 e. The number of halogens is 2. The highest BCUT2D eigenvalue weighted by molar-refractivity contribution is 7.89. The van der Waals surface area contributed by atoms with E-state index in [4.69, 9.17) is 23.2 Å².